The fourth-order valence-corrected chi connectivity index (χ4v) is 1.92. The van der Waals surface area contributed by atoms with Crippen molar-refractivity contribution >= 4 is 11.9 Å². The lowest BCUT2D eigenvalue weighted by Gasteiger charge is -2.27. The Balaban J connectivity index is 2.67. The molecule has 2 unspecified atom stereocenters. The van der Waals surface area contributed by atoms with E-state index in [2.05, 4.69) is 19.2 Å². The van der Waals surface area contributed by atoms with Gasteiger partial charge < -0.3 is 10.4 Å². The quantitative estimate of drug-likeness (QED) is 0.755. The van der Waals surface area contributed by atoms with Gasteiger partial charge in [0.15, 0.2) is 0 Å². The number of carbonyl (C=O) groups is 2. The largest absolute Gasteiger partial charge is 0.481 e. The van der Waals surface area contributed by atoms with Gasteiger partial charge in [-0.25, -0.2) is 0 Å². The summed E-state index contributed by atoms with van der Waals surface area (Å²) in [5.74, 6) is -0.862. The van der Waals surface area contributed by atoms with Gasteiger partial charge in [0.1, 0.15) is 0 Å². The monoisotopic (exact) mass is 242 g/mol. The maximum Gasteiger partial charge on any atom is 0.309 e. The summed E-state index contributed by atoms with van der Waals surface area (Å²) in [7, 11) is 0. The molecule has 0 aliphatic carbocycles. The van der Waals surface area contributed by atoms with E-state index in [1.165, 1.54) is 0 Å². The van der Waals surface area contributed by atoms with E-state index in [9.17, 15) is 9.59 Å². The Kier molecular flexibility index (Phi) is 4.93. The molecule has 0 bridgehead atoms. The first-order chi connectivity index (χ1) is 7.91. The van der Waals surface area contributed by atoms with Gasteiger partial charge in [0.25, 0.3) is 0 Å². The van der Waals surface area contributed by atoms with Gasteiger partial charge in [-0.1, -0.05) is 13.8 Å². The van der Waals surface area contributed by atoms with Crippen LogP contribution in [0.25, 0.3) is 0 Å². The molecule has 1 fully saturated rings. The van der Waals surface area contributed by atoms with Crippen LogP contribution in [0.3, 0.4) is 0 Å². The first-order valence-corrected chi connectivity index (χ1v) is 6.16. The second kappa shape index (κ2) is 6.00. The Hall–Kier alpha value is -1.10. The van der Waals surface area contributed by atoms with E-state index in [0.717, 1.165) is 13.0 Å². The minimum atomic E-state index is -0.839. The van der Waals surface area contributed by atoms with Crippen molar-refractivity contribution in [3.63, 3.8) is 0 Å². The lowest BCUT2D eigenvalue weighted by atomic mass is 10.1. The number of rotatable bonds is 4. The Bertz CT molecular complexity index is 291. The van der Waals surface area contributed by atoms with Gasteiger partial charge in [-0.15, -0.1) is 0 Å². The standard InChI is InChI=1S/C12H22N2O3/c1-8(2)4-5-14-7-10(12(16)17)6-13-11(15)9(14)3/h8-10H,4-7H2,1-3H3,(H,13,15)(H,16,17). The highest BCUT2D eigenvalue weighted by Crippen LogP contribution is 2.12. The van der Waals surface area contributed by atoms with Gasteiger partial charge in [-0.2, -0.15) is 0 Å². The summed E-state index contributed by atoms with van der Waals surface area (Å²) in [6.07, 6.45) is 0.976. The second-order valence-corrected chi connectivity index (χ2v) is 5.13. The third-order valence-corrected chi connectivity index (χ3v) is 3.25. The Morgan fingerprint density at radius 1 is 1.59 bits per heavy atom. The minimum Gasteiger partial charge on any atom is -0.481 e. The summed E-state index contributed by atoms with van der Waals surface area (Å²) in [4.78, 5) is 24.7. The maximum atomic E-state index is 11.7. The first-order valence-electron chi connectivity index (χ1n) is 6.16. The summed E-state index contributed by atoms with van der Waals surface area (Å²) in [5.41, 5.74) is 0. The zero-order valence-corrected chi connectivity index (χ0v) is 10.8. The third-order valence-electron chi connectivity index (χ3n) is 3.25. The molecule has 2 N–H and O–H groups in total. The van der Waals surface area contributed by atoms with Gasteiger partial charge in [-0.05, 0) is 25.8 Å². The number of amides is 1. The van der Waals surface area contributed by atoms with E-state index in [1.54, 1.807) is 0 Å². The molecular formula is C12H22N2O3. The fourth-order valence-electron chi connectivity index (χ4n) is 1.92. The third kappa shape index (κ3) is 4.00. The highest BCUT2D eigenvalue weighted by molar-refractivity contribution is 5.82. The minimum absolute atomic E-state index is 0.0718. The van der Waals surface area contributed by atoms with E-state index >= 15 is 0 Å². The van der Waals surface area contributed by atoms with Gasteiger partial charge >= 0.3 is 5.97 Å². The molecule has 5 heteroatoms. The number of carboxylic acids is 1. The van der Waals surface area contributed by atoms with Crippen molar-refractivity contribution in [3.05, 3.63) is 0 Å². The maximum absolute atomic E-state index is 11.7. The predicted molar refractivity (Wildman–Crippen MR) is 64.6 cm³/mol. The molecule has 0 aromatic rings. The van der Waals surface area contributed by atoms with Gasteiger partial charge in [-0.3, -0.25) is 14.5 Å². The number of hydrogen-bond donors (Lipinski definition) is 2. The fraction of sp³-hybridized carbons (Fsp3) is 0.833. The molecule has 0 saturated carbocycles. The van der Waals surface area contributed by atoms with Crippen molar-refractivity contribution in [1.29, 1.82) is 0 Å². The number of carbonyl (C=O) groups excluding carboxylic acids is 1. The molecule has 98 valence electrons. The highest BCUT2D eigenvalue weighted by atomic mass is 16.4. The summed E-state index contributed by atoms with van der Waals surface area (Å²) >= 11 is 0. The Labute approximate surface area is 102 Å². The molecular weight excluding hydrogens is 220 g/mol. The second-order valence-electron chi connectivity index (χ2n) is 5.13. The van der Waals surface area contributed by atoms with Crippen LogP contribution < -0.4 is 5.32 Å². The van der Waals surface area contributed by atoms with E-state index in [-0.39, 0.29) is 18.5 Å². The average Bonchev–Trinajstić information content (AvgIpc) is 2.38. The van der Waals surface area contributed by atoms with Crippen molar-refractivity contribution in [2.45, 2.75) is 33.2 Å². The van der Waals surface area contributed by atoms with Crippen LogP contribution in [0.2, 0.25) is 0 Å². The van der Waals surface area contributed by atoms with Crippen molar-refractivity contribution in [2.75, 3.05) is 19.6 Å². The molecule has 1 rings (SSSR count). The molecule has 0 radical (unpaired) electrons. The highest BCUT2D eigenvalue weighted by Gasteiger charge is 2.31. The average molecular weight is 242 g/mol. The lowest BCUT2D eigenvalue weighted by molar-refractivity contribution is -0.142. The van der Waals surface area contributed by atoms with E-state index in [0.29, 0.717) is 12.5 Å². The lowest BCUT2D eigenvalue weighted by Crippen LogP contribution is -2.43. The molecule has 1 saturated heterocycles. The number of aliphatic carboxylic acids is 1. The molecule has 1 aliphatic heterocycles. The molecule has 0 spiro atoms. The first kappa shape index (κ1) is 14.0. The molecule has 2 atom stereocenters. The van der Waals surface area contributed by atoms with E-state index in [4.69, 9.17) is 5.11 Å². The van der Waals surface area contributed by atoms with Crippen molar-refractivity contribution in [3.8, 4) is 0 Å². The van der Waals surface area contributed by atoms with Gasteiger partial charge in [0, 0.05) is 13.1 Å². The Morgan fingerprint density at radius 3 is 2.76 bits per heavy atom. The summed E-state index contributed by atoms with van der Waals surface area (Å²) in [6.45, 7) is 7.53. The van der Waals surface area contributed by atoms with Crippen LogP contribution in [0.5, 0.6) is 0 Å². The molecule has 17 heavy (non-hydrogen) atoms. The van der Waals surface area contributed by atoms with E-state index < -0.39 is 11.9 Å². The van der Waals surface area contributed by atoms with Crippen LogP contribution in [0.4, 0.5) is 0 Å². The van der Waals surface area contributed by atoms with Crippen molar-refractivity contribution < 1.29 is 14.7 Å². The predicted octanol–water partition coefficient (Wildman–Crippen LogP) is 0.554. The normalized spacial score (nSPS) is 26.7. The molecule has 5 nitrogen and oxygen atoms in total. The van der Waals surface area contributed by atoms with Gasteiger partial charge in [0.05, 0.1) is 12.0 Å². The SMILES string of the molecule is CC(C)CCN1CC(C(=O)O)CNC(=O)C1C. The molecule has 1 heterocycles. The summed E-state index contributed by atoms with van der Waals surface area (Å²) < 4.78 is 0. The van der Waals surface area contributed by atoms with E-state index in [1.807, 2.05) is 11.8 Å². The topological polar surface area (TPSA) is 69.6 Å². The van der Waals surface area contributed by atoms with Crippen LogP contribution >= 0.6 is 0 Å². The van der Waals surface area contributed by atoms with Crippen LogP contribution in [-0.4, -0.2) is 47.6 Å². The zero-order valence-electron chi connectivity index (χ0n) is 10.8. The number of nitrogens with zero attached hydrogens (tertiary/aromatic N) is 1. The number of carboxylic acid groups (broad SMARTS) is 1. The summed E-state index contributed by atoms with van der Waals surface area (Å²) in [5, 5.41) is 11.7. The number of hydrogen-bond acceptors (Lipinski definition) is 3. The van der Waals surface area contributed by atoms with Crippen molar-refractivity contribution in [1.82, 2.24) is 10.2 Å². The number of nitrogens with one attached hydrogen (secondary N) is 1. The van der Waals surface area contributed by atoms with Crippen molar-refractivity contribution in [2.24, 2.45) is 11.8 Å². The van der Waals surface area contributed by atoms with Crippen LogP contribution in [-0.2, 0) is 9.59 Å². The zero-order chi connectivity index (χ0) is 13.0. The van der Waals surface area contributed by atoms with Gasteiger partial charge in [0.2, 0.25) is 5.91 Å². The van der Waals surface area contributed by atoms with Crippen LogP contribution in [0.1, 0.15) is 27.2 Å². The van der Waals surface area contributed by atoms with Crippen LogP contribution in [0.15, 0.2) is 0 Å². The van der Waals surface area contributed by atoms with Crippen LogP contribution in [0, 0.1) is 11.8 Å². The molecule has 0 aromatic carbocycles. The molecule has 1 aliphatic rings. The smallest absolute Gasteiger partial charge is 0.309 e. The molecule has 0 aromatic heterocycles. The molecule has 1 amide bonds. The summed E-state index contributed by atoms with van der Waals surface area (Å²) in [6, 6.07) is -0.238. The Morgan fingerprint density at radius 2 is 2.24 bits per heavy atom.